The highest BCUT2D eigenvalue weighted by molar-refractivity contribution is 7.99. The number of nitrogens with two attached hydrogens (primary N) is 1. The van der Waals surface area contributed by atoms with Gasteiger partial charge in [-0.25, -0.2) is 0 Å². The first-order valence-electron chi connectivity index (χ1n) is 4.80. The molecule has 76 valence electrons. The number of hydrogen-bond acceptors (Lipinski definition) is 2. The zero-order valence-corrected chi connectivity index (χ0v) is 9.02. The molecule has 3 N–H and O–H groups in total. The monoisotopic (exact) mass is 208 g/mol. The number of unbranched alkanes of at least 4 members (excludes halogenated alkanes) is 1. The Morgan fingerprint density at radius 3 is 2.57 bits per heavy atom. The first-order valence-corrected chi connectivity index (χ1v) is 5.78. The van der Waals surface area contributed by atoms with Gasteiger partial charge in [0.05, 0.1) is 5.84 Å². The largest absolute Gasteiger partial charge is 0.388 e. The van der Waals surface area contributed by atoms with Crippen molar-refractivity contribution in [2.24, 2.45) is 5.73 Å². The number of hydrogen-bond donors (Lipinski definition) is 2. The van der Waals surface area contributed by atoms with Gasteiger partial charge in [0.15, 0.2) is 0 Å². The van der Waals surface area contributed by atoms with Gasteiger partial charge in [-0.05, 0) is 30.7 Å². The van der Waals surface area contributed by atoms with Crippen molar-refractivity contribution in [2.45, 2.75) is 24.2 Å². The molecule has 0 bridgehead atoms. The van der Waals surface area contributed by atoms with Crippen molar-refractivity contribution in [3.8, 4) is 0 Å². The van der Waals surface area contributed by atoms with Gasteiger partial charge in [-0.15, -0.1) is 11.8 Å². The molecule has 1 aromatic carbocycles. The van der Waals surface area contributed by atoms with E-state index in [-0.39, 0.29) is 0 Å². The molecule has 0 unspecified atom stereocenters. The molecule has 0 aliphatic rings. The summed E-state index contributed by atoms with van der Waals surface area (Å²) in [6.07, 6.45) is 2.88. The SMILES string of the molecule is N=C(N)CCCCSc1ccccc1. The summed E-state index contributed by atoms with van der Waals surface area (Å²) < 4.78 is 0. The molecule has 2 nitrogen and oxygen atoms in total. The maximum atomic E-state index is 7.06. The molecule has 0 aliphatic heterocycles. The molecule has 14 heavy (non-hydrogen) atoms. The van der Waals surface area contributed by atoms with Gasteiger partial charge in [0, 0.05) is 11.3 Å². The molecule has 0 radical (unpaired) electrons. The Kier molecular flexibility index (Phi) is 5.15. The molecule has 0 atom stereocenters. The zero-order chi connectivity index (χ0) is 10.2. The molecule has 0 saturated heterocycles. The van der Waals surface area contributed by atoms with Crippen LogP contribution in [0.2, 0.25) is 0 Å². The lowest BCUT2D eigenvalue weighted by Gasteiger charge is -2.00. The van der Waals surface area contributed by atoms with Crippen LogP contribution in [0.25, 0.3) is 0 Å². The Hall–Kier alpha value is -0.960. The number of thioether (sulfide) groups is 1. The Morgan fingerprint density at radius 1 is 1.21 bits per heavy atom. The Bertz CT molecular complexity index is 272. The molecule has 0 aromatic heterocycles. The van der Waals surface area contributed by atoms with E-state index in [9.17, 15) is 0 Å². The lowest BCUT2D eigenvalue weighted by Crippen LogP contribution is -2.08. The fraction of sp³-hybridized carbons (Fsp3) is 0.364. The highest BCUT2D eigenvalue weighted by Crippen LogP contribution is 2.18. The van der Waals surface area contributed by atoms with Crippen molar-refractivity contribution in [3.63, 3.8) is 0 Å². The van der Waals surface area contributed by atoms with Gasteiger partial charge >= 0.3 is 0 Å². The molecule has 0 heterocycles. The van der Waals surface area contributed by atoms with Crippen LogP contribution in [-0.2, 0) is 0 Å². The van der Waals surface area contributed by atoms with Crippen molar-refractivity contribution in [3.05, 3.63) is 30.3 Å². The fourth-order valence-corrected chi connectivity index (χ4v) is 2.06. The predicted octanol–water partition coefficient (Wildman–Crippen LogP) is 2.88. The highest BCUT2D eigenvalue weighted by Gasteiger charge is 1.94. The Balaban J connectivity index is 2.08. The van der Waals surface area contributed by atoms with Crippen LogP contribution in [0.4, 0.5) is 0 Å². The maximum Gasteiger partial charge on any atom is 0.0905 e. The zero-order valence-electron chi connectivity index (χ0n) is 8.20. The maximum absolute atomic E-state index is 7.06. The molecule has 3 heteroatoms. The second-order valence-electron chi connectivity index (χ2n) is 3.14. The van der Waals surface area contributed by atoms with Crippen LogP contribution < -0.4 is 5.73 Å². The van der Waals surface area contributed by atoms with Crippen molar-refractivity contribution < 1.29 is 0 Å². The third kappa shape index (κ3) is 4.92. The molecule has 0 saturated carbocycles. The molecule has 0 spiro atoms. The molecule has 0 aliphatic carbocycles. The predicted molar refractivity (Wildman–Crippen MR) is 62.9 cm³/mol. The lowest BCUT2D eigenvalue weighted by atomic mass is 10.2. The summed E-state index contributed by atoms with van der Waals surface area (Å²) in [7, 11) is 0. The number of benzene rings is 1. The normalized spacial score (nSPS) is 10.0. The van der Waals surface area contributed by atoms with Gasteiger partial charge in [0.1, 0.15) is 0 Å². The van der Waals surface area contributed by atoms with Crippen LogP contribution in [0.1, 0.15) is 19.3 Å². The first kappa shape index (κ1) is 11.1. The minimum atomic E-state index is 0.301. The van der Waals surface area contributed by atoms with Crippen LogP contribution in [0.5, 0.6) is 0 Å². The molecule has 1 rings (SSSR count). The lowest BCUT2D eigenvalue weighted by molar-refractivity contribution is 0.837. The smallest absolute Gasteiger partial charge is 0.0905 e. The van der Waals surface area contributed by atoms with E-state index in [0.29, 0.717) is 5.84 Å². The van der Waals surface area contributed by atoms with Gasteiger partial charge in [-0.2, -0.15) is 0 Å². The second kappa shape index (κ2) is 6.49. The number of rotatable bonds is 6. The van der Waals surface area contributed by atoms with Crippen LogP contribution in [0, 0.1) is 5.41 Å². The molecule has 0 fully saturated rings. The third-order valence-corrected chi connectivity index (χ3v) is 2.95. The minimum absolute atomic E-state index is 0.301. The van der Waals surface area contributed by atoms with E-state index in [4.69, 9.17) is 11.1 Å². The van der Waals surface area contributed by atoms with Crippen LogP contribution in [-0.4, -0.2) is 11.6 Å². The van der Waals surface area contributed by atoms with Gasteiger partial charge in [-0.3, -0.25) is 5.41 Å². The fourth-order valence-electron chi connectivity index (χ4n) is 1.12. The van der Waals surface area contributed by atoms with E-state index in [2.05, 4.69) is 24.3 Å². The van der Waals surface area contributed by atoms with Gasteiger partial charge in [-0.1, -0.05) is 18.2 Å². The summed E-state index contributed by atoms with van der Waals surface area (Å²) in [6, 6.07) is 10.4. The number of amidine groups is 1. The Morgan fingerprint density at radius 2 is 1.93 bits per heavy atom. The van der Waals surface area contributed by atoms with Crippen LogP contribution in [0.3, 0.4) is 0 Å². The standard InChI is InChI=1S/C11H16N2S/c12-11(13)8-4-5-9-14-10-6-2-1-3-7-10/h1-3,6-7H,4-5,8-9H2,(H3,12,13). The molecular weight excluding hydrogens is 192 g/mol. The van der Waals surface area contributed by atoms with E-state index in [0.717, 1.165) is 25.0 Å². The first-order chi connectivity index (χ1) is 6.79. The van der Waals surface area contributed by atoms with Gasteiger partial charge in [0.25, 0.3) is 0 Å². The quantitative estimate of drug-likeness (QED) is 0.327. The van der Waals surface area contributed by atoms with Crippen molar-refractivity contribution >= 4 is 17.6 Å². The van der Waals surface area contributed by atoms with Gasteiger partial charge in [0.2, 0.25) is 0 Å². The molecule has 0 amide bonds. The average molecular weight is 208 g/mol. The summed E-state index contributed by atoms with van der Waals surface area (Å²) in [5.74, 6) is 1.41. The van der Waals surface area contributed by atoms with Gasteiger partial charge < -0.3 is 5.73 Å². The summed E-state index contributed by atoms with van der Waals surface area (Å²) in [5, 5.41) is 7.06. The van der Waals surface area contributed by atoms with Crippen molar-refractivity contribution in [1.29, 1.82) is 5.41 Å². The van der Waals surface area contributed by atoms with E-state index in [1.54, 1.807) is 0 Å². The van der Waals surface area contributed by atoms with Crippen LogP contribution in [0.15, 0.2) is 35.2 Å². The summed E-state index contributed by atoms with van der Waals surface area (Å²) in [4.78, 5) is 1.32. The average Bonchev–Trinajstić information content (AvgIpc) is 2.18. The van der Waals surface area contributed by atoms with E-state index < -0.39 is 0 Å². The minimum Gasteiger partial charge on any atom is -0.388 e. The van der Waals surface area contributed by atoms with E-state index >= 15 is 0 Å². The van der Waals surface area contributed by atoms with Crippen molar-refractivity contribution in [2.75, 3.05) is 5.75 Å². The highest BCUT2D eigenvalue weighted by atomic mass is 32.2. The second-order valence-corrected chi connectivity index (χ2v) is 4.31. The molecule has 1 aromatic rings. The summed E-state index contributed by atoms with van der Waals surface area (Å²) in [6.45, 7) is 0. The summed E-state index contributed by atoms with van der Waals surface area (Å²) in [5.41, 5.74) is 5.26. The van der Waals surface area contributed by atoms with Crippen LogP contribution >= 0.6 is 11.8 Å². The summed E-state index contributed by atoms with van der Waals surface area (Å²) >= 11 is 1.86. The Labute approximate surface area is 89.4 Å². The number of nitrogens with one attached hydrogen (secondary N) is 1. The third-order valence-electron chi connectivity index (χ3n) is 1.85. The van der Waals surface area contributed by atoms with E-state index in [1.165, 1.54) is 4.90 Å². The van der Waals surface area contributed by atoms with E-state index in [1.807, 2.05) is 17.8 Å². The topological polar surface area (TPSA) is 49.9 Å². The van der Waals surface area contributed by atoms with Crippen molar-refractivity contribution in [1.82, 2.24) is 0 Å². The molecular formula is C11H16N2S.